The zero-order chi connectivity index (χ0) is 16.5. The molecular weight excluding hydrogens is 308 g/mol. The lowest BCUT2D eigenvalue weighted by molar-refractivity contribution is -0.154. The van der Waals surface area contributed by atoms with Gasteiger partial charge in [0.2, 0.25) is 5.91 Å². The van der Waals surface area contributed by atoms with Crippen LogP contribution in [0.2, 0.25) is 0 Å². The fraction of sp³-hybridized carbons (Fsp3) is 0.571. The maximum absolute atomic E-state index is 11.8. The first-order chi connectivity index (χ1) is 10.4. The van der Waals surface area contributed by atoms with Gasteiger partial charge in [-0.1, -0.05) is 6.58 Å². The topological polar surface area (TPSA) is 108 Å². The van der Waals surface area contributed by atoms with Crippen molar-refractivity contribution < 1.29 is 23.9 Å². The first kappa shape index (κ1) is 18.1. The number of hydrogen-bond acceptors (Lipinski definition) is 6. The van der Waals surface area contributed by atoms with Crippen molar-refractivity contribution in [1.82, 2.24) is 5.32 Å². The minimum absolute atomic E-state index is 0.00227. The first-order valence-electron chi connectivity index (χ1n) is 7.00. The normalized spacial score (nSPS) is 20.5. The van der Waals surface area contributed by atoms with Gasteiger partial charge in [-0.15, -0.1) is 0 Å². The summed E-state index contributed by atoms with van der Waals surface area (Å²) in [5, 5.41) is 2.37. The van der Waals surface area contributed by atoms with Crippen LogP contribution in [0.1, 0.15) is 25.7 Å². The molecule has 0 spiro atoms. The molecule has 1 rings (SSSR count). The van der Waals surface area contributed by atoms with Crippen LogP contribution in [0.3, 0.4) is 0 Å². The third kappa shape index (κ3) is 6.21. The highest BCUT2D eigenvalue weighted by Gasteiger charge is 2.30. The molecule has 0 aromatic heterocycles. The van der Waals surface area contributed by atoms with Crippen LogP contribution >= 0.6 is 12.2 Å². The molecule has 1 aliphatic carbocycles. The van der Waals surface area contributed by atoms with E-state index in [1.54, 1.807) is 0 Å². The summed E-state index contributed by atoms with van der Waals surface area (Å²) >= 11 is 4.62. The van der Waals surface area contributed by atoms with E-state index in [9.17, 15) is 14.4 Å². The van der Waals surface area contributed by atoms with Crippen LogP contribution in [0.25, 0.3) is 0 Å². The minimum atomic E-state index is -0.555. The molecule has 0 bridgehead atoms. The van der Waals surface area contributed by atoms with Crippen LogP contribution < -0.4 is 11.1 Å². The molecule has 8 heteroatoms. The predicted molar refractivity (Wildman–Crippen MR) is 82.5 cm³/mol. The Morgan fingerprint density at radius 3 is 2.23 bits per heavy atom. The van der Waals surface area contributed by atoms with Crippen LogP contribution in [-0.2, 0) is 23.9 Å². The van der Waals surface area contributed by atoms with Crippen molar-refractivity contribution in [1.29, 1.82) is 0 Å². The Hall–Kier alpha value is -1.96. The Balaban J connectivity index is 2.24. The highest BCUT2D eigenvalue weighted by Crippen LogP contribution is 2.29. The Morgan fingerprint density at radius 1 is 1.14 bits per heavy atom. The van der Waals surface area contributed by atoms with E-state index in [4.69, 9.17) is 15.2 Å². The number of carbonyl (C=O) groups excluding carboxylic acids is 3. The molecule has 0 atom stereocenters. The van der Waals surface area contributed by atoms with Crippen molar-refractivity contribution in [2.24, 2.45) is 17.6 Å². The van der Waals surface area contributed by atoms with E-state index in [0.29, 0.717) is 25.7 Å². The average Bonchev–Trinajstić information content (AvgIpc) is 2.50. The largest absolute Gasteiger partial charge is 0.462 e. The molecule has 0 heterocycles. The summed E-state index contributed by atoms with van der Waals surface area (Å²) in [4.78, 5) is 34.4. The van der Waals surface area contributed by atoms with Gasteiger partial charge in [0.1, 0.15) is 13.2 Å². The quantitative estimate of drug-likeness (QED) is 0.315. The molecule has 122 valence electrons. The molecule has 3 N–H and O–H groups in total. The maximum atomic E-state index is 11.8. The van der Waals surface area contributed by atoms with E-state index in [2.05, 4.69) is 24.1 Å². The Labute approximate surface area is 134 Å². The Bertz CT molecular complexity index is 458. The van der Waals surface area contributed by atoms with E-state index < -0.39 is 5.97 Å². The molecule has 7 nitrogen and oxygen atoms in total. The fourth-order valence-corrected chi connectivity index (χ4v) is 2.38. The molecule has 1 saturated carbocycles. The van der Waals surface area contributed by atoms with Gasteiger partial charge in [-0.25, -0.2) is 4.79 Å². The molecule has 0 aliphatic heterocycles. The van der Waals surface area contributed by atoms with Crippen molar-refractivity contribution in [3.63, 3.8) is 0 Å². The van der Waals surface area contributed by atoms with Crippen LogP contribution in [-0.4, -0.2) is 36.2 Å². The van der Waals surface area contributed by atoms with Crippen LogP contribution in [0, 0.1) is 11.8 Å². The summed E-state index contributed by atoms with van der Waals surface area (Å²) in [5.74, 6) is -1.50. The lowest BCUT2D eigenvalue weighted by Crippen LogP contribution is -2.40. The molecule has 0 aromatic rings. The zero-order valence-corrected chi connectivity index (χ0v) is 13.0. The van der Waals surface area contributed by atoms with Crippen LogP contribution in [0.5, 0.6) is 0 Å². The van der Waals surface area contributed by atoms with E-state index in [-0.39, 0.29) is 42.0 Å². The molecule has 1 amide bonds. The lowest BCUT2D eigenvalue weighted by atomic mass is 9.81. The number of amides is 1. The van der Waals surface area contributed by atoms with Gasteiger partial charge >= 0.3 is 11.9 Å². The summed E-state index contributed by atoms with van der Waals surface area (Å²) in [5.41, 5.74) is 5.26. The number of carbonyl (C=O) groups is 3. The van der Waals surface area contributed by atoms with Gasteiger partial charge in [0.15, 0.2) is 5.11 Å². The van der Waals surface area contributed by atoms with Crippen molar-refractivity contribution in [3.05, 3.63) is 12.7 Å². The summed E-state index contributed by atoms with van der Waals surface area (Å²) in [6.07, 6.45) is 3.35. The Morgan fingerprint density at radius 2 is 1.68 bits per heavy atom. The summed E-state index contributed by atoms with van der Waals surface area (Å²) in [6.45, 7) is 3.27. The smallest absolute Gasteiger partial charge is 0.330 e. The zero-order valence-electron chi connectivity index (χ0n) is 12.2. The van der Waals surface area contributed by atoms with E-state index >= 15 is 0 Å². The fourth-order valence-electron chi connectivity index (χ4n) is 2.28. The van der Waals surface area contributed by atoms with Crippen LogP contribution in [0.4, 0.5) is 0 Å². The SMILES string of the molecule is C=CC(=O)OCCOC(=O)C1CCC(C(=O)NC(N)=S)CC1. The number of thiocarbonyl (C=S) groups is 1. The van der Waals surface area contributed by atoms with Gasteiger partial charge in [-0.05, 0) is 37.9 Å². The number of ether oxygens (including phenoxy) is 2. The number of hydrogen-bond donors (Lipinski definition) is 2. The summed E-state index contributed by atoms with van der Waals surface area (Å²) in [6, 6.07) is 0. The van der Waals surface area contributed by atoms with Crippen molar-refractivity contribution in [3.8, 4) is 0 Å². The van der Waals surface area contributed by atoms with Gasteiger partial charge in [0, 0.05) is 12.0 Å². The standard InChI is InChI=1S/C14H20N2O5S/c1-2-11(17)20-7-8-21-13(19)10-5-3-9(4-6-10)12(18)16-14(15)22/h2,9-10H,1,3-8H2,(H3,15,16,18,22). The first-order valence-corrected chi connectivity index (χ1v) is 7.41. The third-order valence-electron chi connectivity index (χ3n) is 3.42. The molecule has 1 aliphatic rings. The molecular formula is C14H20N2O5S. The van der Waals surface area contributed by atoms with E-state index in [1.807, 2.05) is 0 Å². The third-order valence-corrected chi connectivity index (χ3v) is 3.52. The van der Waals surface area contributed by atoms with Gasteiger partial charge < -0.3 is 20.5 Å². The predicted octanol–water partition coefficient (Wildman–Crippen LogP) is 0.425. The van der Waals surface area contributed by atoms with E-state index in [0.717, 1.165) is 6.08 Å². The monoisotopic (exact) mass is 328 g/mol. The second-order valence-corrected chi connectivity index (χ2v) is 5.38. The molecule has 0 radical (unpaired) electrons. The molecule has 22 heavy (non-hydrogen) atoms. The molecule has 0 saturated heterocycles. The Kier molecular flexibility index (Phi) is 7.51. The van der Waals surface area contributed by atoms with Gasteiger partial charge in [-0.3, -0.25) is 9.59 Å². The molecule has 0 aromatic carbocycles. The maximum Gasteiger partial charge on any atom is 0.330 e. The summed E-state index contributed by atoms with van der Waals surface area (Å²) in [7, 11) is 0. The highest BCUT2D eigenvalue weighted by molar-refractivity contribution is 7.80. The highest BCUT2D eigenvalue weighted by atomic mass is 32.1. The van der Waals surface area contributed by atoms with Gasteiger partial charge in [-0.2, -0.15) is 0 Å². The van der Waals surface area contributed by atoms with Gasteiger partial charge in [0.05, 0.1) is 5.92 Å². The molecule has 0 unspecified atom stereocenters. The number of esters is 2. The van der Waals surface area contributed by atoms with Crippen molar-refractivity contribution >= 4 is 35.2 Å². The van der Waals surface area contributed by atoms with E-state index in [1.165, 1.54) is 0 Å². The van der Waals surface area contributed by atoms with Gasteiger partial charge in [0.25, 0.3) is 0 Å². The molecule has 1 fully saturated rings. The van der Waals surface area contributed by atoms with Crippen molar-refractivity contribution in [2.45, 2.75) is 25.7 Å². The number of nitrogens with two attached hydrogens (primary N) is 1. The number of rotatable bonds is 6. The minimum Gasteiger partial charge on any atom is -0.462 e. The number of nitrogens with one attached hydrogen (secondary N) is 1. The van der Waals surface area contributed by atoms with Crippen molar-refractivity contribution in [2.75, 3.05) is 13.2 Å². The van der Waals surface area contributed by atoms with Crippen LogP contribution in [0.15, 0.2) is 12.7 Å². The second-order valence-electron chi connectivity index (χ2n) is 4.94. The average molecular weight is 328 g/mol. The summed E-state index contributed by atoms with van der Waals surface area (Å²) < 4.78 is 9.75. The lowest BCUT2D eigenvalue weighted by Gasteiger charge is -2.26. The second kappa shape index (κ2) is 9.14.